The van der Waals surface area contributed by atoms with Gasteiger partial charge in [-0.15, -0.1) is 0 Å². The van der Waals surface area contributed by atoms with Gasteiger partial charge in [0.05, 0.1) is 0 Å². The van der Waals surface area contributed by atoms with Crippen LogP contribution in [0.3, 0.4) is 0 Å². The van der Waals surface area contributed by atoms with Crippen LogP contribution in [0.1, 0.15) is 51.4 Å². The van der Waals surface area contributed by atoms with E-state index in [-0.39, 0.29) is 12.1 Å². The van der Waals surface area contributed by atoms with Crippen LogP contribution in [-0.2, 0) is 27.9 Å². The molecule has 7 atom stereocenters. The maximum atomic E-state index is 11.0. The van der Waals surface area contributed by atoms with Crippen LogP contribution in [0.25, 0.3) is 0 Å². The summed E-state index contributed by atoms with van der Waals surface area (Å²) >= 11 is 10.0. The van der Waals surface area contributed by atoms with Gasteiger partial charge in [-0.1, -0.05) is 12.8 Å². The van der Waals surface area contributed by atoms with Crippen molar-refractivity contribution in [1.82, 2.24) is 4.67 Å². The summed E-state index contributed by atoms with van der Waals surface area (Å²) in [5.41, 5.74) is 0. The van der Waals surface area contributed by atoms with Gasteiger partial charge in [0.25, 0.3) is 6.64 Å². The molecule has 0 aliphatic heterocycles. The summed E-state index contributed by atoms with van der Waals surface area (Å²) < 4.78 is 7.20. The third-order valence-electron chi connectivity index (χ3n) is 6.59. The van der Waals surface area contributed by atoms with Gasteiger partial charge in [0.1, 0.15) is 0 Å². The molecule has 0 spiro atoms. The fourth-order valence-corrected chi connectivity index (χ4v) is 11.4. The molecule has 4 saturated carbocycles. The minimum atomic E-state index is -3.97. The Hall–Kier alpha value is 1.10. The van der Waals surface area contributed by atoms with Gasteiger partial charge < -0.3 is 14.7 Å². The topological polar surface area (TPSA) is 73.2 Å². The first-order valence-electron chi connectivity index (χ1n) is 8.61. The standard InChI is InChI=1S/C14H25NO4P2S2/c16-20(22,19-21(17,18)23)15(13-7-9-1-3-11(13)5-9)14-8-10-2-4-12(14)6-10/h9-14H,1-8H2,(H,16,22)(H2,17,18,23). The molecule has 4 aliphatic carbocycles. The molecule has 0 radical (unpaired) electrons. The lowest BCUT2D eigenvalue weighted by atomic mass is 9.90. The fraction of sp³-hybridized carbons (Fsp3) is 1.00. The highest BCUT2D eigenvalue weighted by molar-refractivity contribution is 8.14. The monoisotopic (exact) mass is 397 g/mol. The minimum Gasteiger partial charge on any atom is -0.333 e. The Balaban J connectivity index is 1.64. The van der Waals surface area contributed by atoms with Crippen molar-refractivity contribution >= 4 is 37.0 Å². The second kappa shape index (κ2) is 6.07. The number of nitrogens with zero attached hydrogens (tertiary/aromatic N) is 1. The van der Waals surface area contributed by atoms with Gasteiger partial charge in [-0.25, -0.2) is 8.98 Å². The van der Waals surface area contributed by atoms with E-state index in [2.05, 4.69) is 11.8 Å². The van der Waals surface area contributed by atoms with Crippen molar-refractivity contribution in [1.29, 1.82) is 0 Å². The molecule has 0 aromatic heterocycles. The Bertz CT molecular complexity index is 557. The van der Waals surface area contributed by atoms with E-state index in [1.54, 1.807) is 0 Å². The quantitative estimate of drug-likeness (QED) is 0.616. The molecule has 4 bridgehead atoms. The van der Waals surface area contributed by atoms with Crippen molar-refractivity contribution in [2.24, 2.45) is 23.7 Å². The van der Waals surface area contributed by atoms with Gasteiger partial charge in [-0.3, -0.25) is 0 Å². The summed E-state index contributed by atoms with van der Waals surface area (Å²) in [4.78, 5) is 30.1. The molecule has 3 N–H and O–H groups in total. The van der Waals surface area contributed by atoms with E-state index < -0.39 is 13.4 Å². The highest BCUT2D eigenvalue weighted by Gasteiger charge is 2.53. The van der Waals surface area contributed by atoms with Crippen molar-refractivity contribution < 1.29 is 19.0 Å². The lowest BCUT2D eigenvalue weighted by Gasteiger charge is -2.45. The van der Waals surface area contributed by atoms with Crippen molar-refractivity contribution in [2.75, 3.05) is 0 Å². The number of fused-ring (bicyclic) bond motifs is 4. The first kappa shape index (κ1) is 17.5. The Kier molecular flexibility index (Phi) is 4.62. The maximum absolute atomic E-state index is 11.0. The Morgan fingerprint density at radius 3 is 1.57 bits per heavy atom. The molecule has 0 heterocycles. The first-order chi connectivity index (χ1) is 10.7. The summed E-state index contributed by atoms with van der Waals surface area (Å²) in [6.07, 6.45) is 9.47. The highest BCUT2D eigenvalue weighted by atomic mass is 32.5. The molecule has 0 aromatic carbocycles. The number of hydrogen-bond donors (Lipinski definition) is 3. The van der Waals surface area contributed by atoms with Gasteiger partial charge in [0.2, 0.25) is 0 Å². The van der Waals surface area contributed by atoms with Crippen LogP contribution in [0.2, 0.25) is 0 Å². The Morgan fingerprint density at radius 1 is 0.783 bits per heavy atom. The highest BCUT2D eigenvalue weighted by Crippen LogP contribution is 2.66. The zero-order chi connectivity index (χ0) is 16.4. The largest absolute Gasteiger partial charge is 0.333 e. The molecule has 4 fully saturated rings. The first-order valence-corrected chi connectivity index (χ1v) is 13.9. The van der Waals surface area contributed by atoms with Gasteiger partial charge in [-0.05, 0) is 85.8 Å². The van der Waals surface area contributed by atoms with Gasteiger partial charge in [0.15, 0.2) is 0 Å². The zero-order valence-corrected chi connectivity index (χ0v) is 16.5. The summed E-state index contributed by atoms with van der Waals surface area (Å²) in [5, 5.41) is 0. The third-order valence-corrected chi connectivity index (χ3v) is 11.2. The smallest absolute Gasteiger partial charge is 0.328 e. The van der Waals surface area contributed by atoms with Crippen LogP contribution < -0.4 is 0 Å². The van der Waals surface area contributed by atoms with E-state index in [1.807, 2.05) is 4.67 Å². The van der Waals surface area contributed by atoms with Gasteiger partial charge in [0, 0.05) is 12.1 Å². The summed E-state index contributed by atoms with van der Waals surface area (Å²) in [5.74, 6) is 2.58. The van der Waals surface area contributed by atoms with E-state index in [0.717, 1.165) is 24.7 Å². The average Bonchev–Trinajstić information content (AvgIpc) is 3.16. The molecular weight excluding hydrogens is 372 g/mol. The number of hydrogen-bond acceptors (Lipinski definition) is 3. The van der Waals surface area contributed by atoms with Gasteiger partial charge >= 0.3 is 6.72 Å². The molecule has 132 valence electrons. The number of rotatable bonds is 5. The Labute approximate surface area is 147 Å². The second-order valence-electron chi connectivity index (χ2n) is 7.93. The van der Waals surface area contributed by atoms with Crippen molar-refractivity contribution in [3.8, 4) is 0 Å². The summed E-state index contributed by atoms with van der Waals surface area (Å²) in [6, 6.07) is 0.464. The van der Waals surface area contributed by atoms with Crippen LogP contribution in [0.5, 0.6) is 0 Å². The van der Waals surface area contributed by atoms with E-state index in [4.69, 9.17) is 16.1 Å². The summed E-state index contributed by atoms with van der Waals surface area (Å²) in [6.45, 7) is -7.44. The Morgan fingerprint density at radius 2 is 1.26 bits per heavy atom. The van der Waals surface area contributed by atoms with Crippen molar-refractivity contribution in [3.63, 3.8) is 0 Å². The van der Waals surface area contributed by atoms with Crippen LogP contribution in [0.4, 0.5) is 0 Å². The minimum absolute atomic E-state index is 0.232. The second-order valence-corrected chi connectivity index (χ2v) is 13.9. The average molecular weight is 397 g/mol. The predicted octanol–water partition coefficient (Wildman–Crippen LogP) is 3.11. The lowest BCUT2D eigenvalue weighted by Crippen LogP contribution is -2.46. The van der Waals surface area contributed by atoms with Crippen LogP contribution in [0, 0.1) is 23.7 Å². The molecule has 23 heavy (non-hydrogen) atoms. The molecule has 9 heteroatoms. The van der Waals surface area contributed by atoms with E-state index in [0.29, 0.717) is 11.8 Å². The molecule has 0 aromatic rings. The lowest BCUT2D eigenvalue weighted by molar-refractivity contribution is 0.128. The summed E-state index contributed by atoms with van der Waals surface area (Å²) in [7, 11) is 0. The normalized spacial score (nSPS) is 45.0. The van der Waals surface area contributed by atoms with Crippen molar-refractivity contribution in [2.45, 2.75) is 63.5 Å². The van der Waals surface area contributed by atoms with E-state index in [1.165, 1.54) is 38.5 Å². The molecule has 5 nitrogen and oxygen atoms in total. The van der Waals surface area contributed by atoms with Crippen LogP contribution in [0.15, 0.2) is 0 Å². The maximum Gasteiger partial charge on any atom is 0.328 e. The molecule has 4 rings (SSSR count). The SMILES string of the molecule is OP(O)(=S)OP(O)(=S)N(C1CC2CCC1C2)C1CC2CCC1C2. The molecule has 7 unspecified atom stereocenters. The van der Waals surface area contributed by atoms with E-state index >= 15 is 0 Å². The van der Waals surface area contributed by atoms with E-state index in [9.17, 15) is 14.7 Å². The third kappa shape index (κ3) is 3.39. The molecular formula is C14H25NO4P2S2. The van der Waals surface area contributed by atoms with Crippen molar-refractivity contribution in [3.05, 3.63) is 0 Å². The predicted molar refractivity (Wildman–Crippen MR) is 96.6 cm³/mol. The van der Waals surface area contributed by atoms with Gasteiger partial charge in [-0.2, -0.15) is 0 Å². The molecule has 0 saturated heterocycles. The van der Waals surface area contributed by atoms with Crippen LogP contribution >= 0.6 is 13.4 Å². The fourth-order valence-electron chi connectivity index (χ4n) is 5.87. The molecule has 0 amide bonds. The van der Waals surface area contributed by atoms with Crippen LogP contribution in [-0.4, -0.2) is 31.4 Å². The zero-order valence-electron chi connectivity index (χ0n) is 13.0. The molecule has 4 aliphatic rings.